The van der Waals surface area contributed by atoms with E-state index in [0.717, 1.165) is 12.6 Å². The van der Waals surface area contributed by atoms with E-state index in [0.29, 0.717) is 19.5 Å². The minimum atomic E-state index is -3.97. The van der Waals surface area contributed by atoms with E-state index >= 15 is 0 Å². The van der Waals surface area contributed by atoms with Gasteiger partial charge in [-0.25, -0.2) is 12.8 Å². The van der Waals surface area contributed by atoms with Crippen molar-refractivity contribution < 1.29 is 12.8 Å². The van der Waals surface area contributed by atoms with Gasteiger partial charge in [-0.1, -0.05) is 11.6 Å². The SMILES string of the molecule is CC1CN(C)CCCN1S(=O)(=O)c1cc(N)cc(Cl)c1F. The summed E-state index contributed by atoms with van der Waals surface area (Å²) in [6, 6.07) is 2.08. The number of sulfonamides is 1. The predicted octanol–water partition coefficient (Wildman–Crippen LogP) is 1.78. The zero-order chi connectivity index (χ0) is 15.8. The Balaban J connectivity index is 2.46. The first-order valence-electron chi connectivity index (χ1n) is 6.68. The molecule has 5 nitrogen and oxygen atoms in total. The maximum atomic E-state index is 14.1. The molecule has 0 aromatic heterocycles. The van der Waals surface area contributed by atoms with E-state index in [1.54, 1.807) is 0 Å². The van der Waals surface area contributed by atoms with Crippen LogP contribution in [-0.4, -0.2) is 50.3 Å². The molecule has 1 aliphatic heterocycles. The molecule has 1 aliphatic rings. The maximum Gasteiger partial charge on any atom is 0.246 e. The molecule has 1 fully saturated rings. The third-order valence-corrected chi connectivity index (χ3v) is 5.88. The molecular weight excluding hydrogens is 317 g/mol. The van der Waals surface area contributed by atoms with E-state index in [2.05, 4.69) is 4.90 Å². The van der Waals surface area contributed by atoms with Crippen LogP contribution < -0.4 is 5.73 Å². The summed E-state index contributed by atoms with van der Waals surface area (Å²) in [5.74, 6) is -0.948. The van der Waals surface area contributed by atoms with E-state index in [4.69, 9.17) is 17.3 Å². The molecule has 1 unspecified atom stereocenters. The zero-order valence-electron chi connectivity index (χ0n) is 12.0. The summed E-state index contributed by atoms with van der Waals surface area (Å²) in [7, 11) is -2.03. The molecule has 1 aromatic rings. The largest absolute Gasteiger partial charge is 0.399 e. The lowest BCUT2D eigenvalue weighted by Gasteiger charge is -2.27. The van der Waals surface area contributed by atoms with Crippen molar-refractivity contribution in [3.8, 4) is 0 Å². The molecule has 1 aromatic carbocycles. The fourth-order valence-electron chi connectivity index (χ4n) is 2.61. The first-order valence-corrected chi connectivity index (χ1v) is 8.50. The third kappa shape index (κ3) is 3.31. The first kappa shape index (κ1) is 16.5. The fraction of sp³-hybridized carbons (Fsp3) is 0.538. The van der Waals surface area contributed by atoms with Crippen molar-refractivity contribution in [1.29, 1.82) is 0 Å². The second-order valence-corrected chi connectivity index (χ2v) is 7.66. The molecule has 0 spiro atoms. The van der Waals surface area contributed by atoms with Crippen LogP contribution in [0.25, 0.3) is 0 Å². The van der Waals surface area contributed by atoms with Gasteiger partial charge in [-0.2, -0.15) is 4.31 Å². The van der Waals surface area contributed by atoms with E-state index in [-0.39, 0.29) is 16.8 Å². The van der Waals surface area contributed by atoms with Gasteiger partial charge < -0.3 is 10.6 Å². The quantitative estimate of drug-likeness (QED) is 0.837. The van der Waals surface area contributed by atoms with Gasteiger partial charge in [0.1, 0.15) is 4.90 Å². The van der Waals surface area contributed by atoms with Gasteiger partial charge in [0.15, 0.2) is 5.82 Å². The molecule has 8 heteroatoms. The van der Waals surface area contributed by atoms with E-state index in [1.807, 2.05) is 14.0 Å². The van der Waals surface area contributed by atoms with Crippen molar-refractivity contribution in [2.45, 2.75) is 24.3 Å². The molecule has 2 N–H and O–H groups in total. The number of nitrogens with zero attached hydrogens (tertiary/aromatic N) is 2. The standard InChI is InChI=1S/C13H19ClFN3O2S/c1-9-8-17(2)4-3-5-18(9)21(19,20)12-7-10(16)6-11(14)13(12)15/h6-7,9H,3-5,8,16H2,1-2H3. The van der Waals surface area contributed by atoms with Crippen molar-refractivity contribution in [2.24, 2.45) is 0 Å². The van der Waals surface area contributed by atoms with E-state index in [9.17, 15) is 12.8 Å². The van der Waals surface area contributed by atoms with Crippen LogP contribution in [-0.2, 0) is 10.0 Å². The maximum absolute atomic E-state index is 14.1. The van der Waals surface area contributed by atoms with Crippen molar-refractivity contribution >= 4 is 27.3 Å². The molecule has 1 atom stereocenters. The first-order chi connectivity index (χ1) is 9.73. The average molecular weight is 336 g/mol. The molecule has 2 rings (SSSR count). The molecule has 21 heavy (non-hydrogen) atoms. The summed E-state index contributed by atoms with van der Waals surface area (Å²) < 4.78 is 40.9. The lowest BCUT2D eigenvalue weighted by molar-refractivity contribution is 0.290. The van der Waals surface area contributed by atoms with E-state index < -0.39 is 20.7 Å². The highest BCUT2D eigenvalue weighted by Crippen LogP contribution is 2.29. The highest BCUT2D eigenvalue weighted by atomic mass is 35.5. The monoisotopic (exact) mass is 335 g/mol. The van der Waals surface area contributed by atoms with Gasteiger partial charge in [0.05, 0.1) is 5.02 Å². The number of benzene rings is 1. The predicted molar refractivity (Wildman–Crippen MR) is 81.3 cm³/mol. The van der Waals surface area contributed by atoms with Gasteiger partial charge in [-0.3, -0.25) is 0 Å². The van der Waals surface area contributed by atoms with Crippen molar-refractivity contribution in [2.75, 3.05) is 32.4 Å². The van der Waals surface area contributed by atoms with Gasteiger partial charge >= 0.3 is 0 Å². The van der Waals surface area contributed by atoms with Crippen LogP contribution in [0.3, 0.4) is 0 Å². The van der Waals surface area contributed by atoms with Gasteiger partial charge in [-0.15, -0.1) is 0 Å². The fourth-order valence-corrected chi connectivity index (χ4v) is 4.67. The number of halogens is 2. The molecule has 118 valence electrons. The number of rotatable bonds is 2. The van der Waals surface area contributed by atoms with Crippen LogP contribution in [0.1, 0.15) is 13.3 Å². The molecule has 0 bridgehead atoms. The number of anilines is 1. The van der Waals surface area contributed by atoms with Gasteiger partial charge in [-0.05, 0) is 39.1 Å². The second kappa shape index (κ2) is 6.08. The lowest BCUT2D eigenvalue weighted by Crippen LogP contribution is -2.42. The summed E-state index contributed by atoms with van der Waals surface area (Å²) in [6.07, 6.45) is 0.692. The molecular formula is C13H19ClFN3O2S. The number of hydrogen-bond donors (Lipinski definition) is 1. The summed E-state index contributed by atoms with van der Waals surface area (Å²) in [4.78, 5) is 1.60. The lowest BCUT2D eigenvalue weighted by atomic mass is 10.3. The Labute approximate surface area is 129 Å². The van der Waals surface area contributed by atoms with Crippen LogP contribution >= 0.6 is 11.6 Å². The van der Waals surface area contributed by atoms with Gasteiger partial charge in [0.25, 0.3) is 0 Å². The highest BCUT2D eigenvalue weighted by molar-refractivity contribution is 7.89. The van der Waals surface area contributed by atoms with Crippen LogP contribution in [0.15, 0.2) is 17.0 Å². The van der Waals surface area contributed by atoms with Crippen molar-refractivity contribution in [1.82, 2.24) is 9.21 Å². The Morgan fingerprint density at radius 1 is 1.38 bits per heavy atom. The average Bonchev–Trinajstić information content (AvgIpc) is 2.54. The van der Waals surface area contributed by atoms with E-state index in [1.165, 1.54) is 10.4 Å². The molecule has 0 amide bonds. The number of nitrogen functional groups attached to an aromatic ring is 1. The molecule has 1 heterocycles. The number of hydrogen-bond acceptors (Lipinski definition) is 4. The number of nitrogens with two attached hydrogens (primary N) is 1. The normalized spacial score (nSPS) is 22.2. The number of likely N-dealkylation sites (N-methyl/N-ethyl adjacent to an activating group) is 1. The Hall–Kier alpha value is -0.890. The minimum Gasteiger partial charge on any atom is -0.399 e. The molecule has 1 saturated heterocycles. The Bertz CT molecular complexity index is 639. The molecule has 0 saturated carbocycles. The topological polar surface area (TPSA) is 66.6 Å². The summed E-state index contributed by atoms with van der Waals surface area (Å²) in [6.45, 7) is 3.55. The zero-order valence-corrected chi connectivity index (χ0v) is 13.6. The van der Waals surface area contributed by atoms with Crippen LogP contribution in [0.2, 0.25) is 5.02 Å². The molecule has 0 aliphatic carbocycles. The van der Waals surface area contributed by atoms with Crippen molar-refractivity contribution in [3.63, 3.8) is 0 Å². The highest BCUT2D eigenvalue weighted by Gasteiger charge is 2.34. The Kier molecular flexibility index (Phi) is 4.77. The van der Waals surface area contributed by atoms with Crippen LogP contribution in [0, 0.1) is 5.82 Å². The van der Waals surface area contributed by atoms with Gasteiger partial charge in [0.2, 0.25) is 10.0 Å². The minimum absolute atomic E-state index is 0.125. The van der Waals surface area contributed by atoms with Crippen LogP contribution in [0.4, 0.5) is 10.1 Å². The summed E-state index contributed by atoms with van der Waals surface area (Å²) in [5, 5.41) is -0.284. The Morgan fingerprint density at radius 3 is 2.71 bits per heavy atom. The summed E-state index contributed by atoms with van der Waals surface area (Å²) in [5.41, 5.74) is 5.72. The van der Waals surface area contributed by atoms with Gasteiger partial charge in [0, 0.05) is 24.8 Å². The van der Waals surface area contributed by atoms with Crippen LogP contribution in [0.5, 0.6) is 0 Å². The summed E-state index contributed by atoms with van der Waals surface area (Å²) >= 11 is 5.71. The smallest absolute Gasteiger partial charge is 0.246 e. The second-order valence-electron chi connectivity index (χ2n) is 5.40. The molecule has 0 radical (unpaired) electrons. The van der Waals surface area contributed by atoms with Crippen molar-refractivity contribution in [3.05, 3.63) is 23.0 Å². The Morgan fingerprint density at radius 2 is 2.05 bits per heavy atom. The third-order valence-electron chi connectivity index (χ3n) is 3.59.